The lowest BCUT2D eigenvalue weighted by atomic mass is 9.99. The van der Waals surface area contributed by atoms with Gasteiger partial charge in [0.1, 0.15) is 18.5 Å². The second kappa shape index (κ2) is 11.6. The molecule has 6 heteroatoms. The van der Waals surface area contributed by atoms with Crippen LogP contribution >= 0.6 is 15.9 Å². The topological polar surface area (TPSA) is 53.0 Å². The zero-order valence-electron chi connectivity index (χ0n) is 18.8. The van der Waals surface area contributed by atoms with Crippen molar-refractivity contribution in [2.24, 2.45) is 0 Å². The summed E-state index contributed by atoms with van der Waals surface area (Å²) in [5.41, 5.74) is 3.46. The summed E-state index contributed by atoms with van der Waals surface area (Å²) in [5.74, 6) is 0.723. The zero-order valence-corrected chi connectivity index (χ0v) is 20.4. The van der Waals surface area contributed by atoms with Crippen LogP contribution in [0.5, 0.6) is 5.75 Å². The van der Waals surface area contributed by atoms with Gasteiger partial charge in [-0.05, 0) is 54.7 Å². The number of carbonyl (C=O) groups is 1. The first kappa shape index (κ1) is 23.7. The fourth-order valence-electron chi connectivity index (χ4n) is 4.29. The molecule has 4 rings (SSSR count). The second-order valence-corrected chi connectivity index (χ2v) is 9.53. The quantitative estimate of drug-likeness (QED) is 0.526. The van der Waals surface area contributed by atoms with Crippen LogP contribution in [0.4, 0.5) is 0 Å². The van der Waals surface area contributed by atoms with E-state index < -0.39 is 6.10 Å². The van der Waals surface area contributed by atoms with E-state index in [9.17, 15) is 9.90 Å². The Hall–Kier alpha value is -2.41. The molecule has 1 N–H and O–H groups in total. The summed E-state index contributed by atoms with van der Waals surface area (Å²) in [6.07, 6.45) is 8.21. The van der Waals surface area contributed by atoms with Gasteiger partial charge in [-0.1, -0.05) is 52.3 Å². The number of hydrogen-bond acceptors (Lipinski definition) is 4. The maximum atomic E-state index is 12.3. The lowest BCUT2D eigenvalue weighted by Gasteiger charge is -2.28. The minimum Gasteiger partial charge on any atom is -0.490 e. The van der Waals surface area contributed by atoms with Crippen molar-refractivity contribution in [2.75, 3.05) is 39.3 Å². The van der Waals surface area contributed by atoms with E-state index in [1.54, 1.807) is 12.2 Å². The van der Waals surface area contributed by atoms with Crippen LogP contribution in [-0.4, -0.2) is 66.2 Å². The number of aliphatic hydroxyl groups excluding tert-OH is 1. The molecule has 5 nitrogen and oxygen atoms in total. The summed E-state index contributed by atoms with van der Waals surface area (Å²) < 4.78 is 7.01. The number of benzene rings is 2. The molecule has 2 aromatic rings. The van der Waals surface area contributed by atoms with Crippen molar-refractivity contribution in [1.29, 1.82) is 0 Å². The first-order valence-electron chi connectivity index (χ1n) is 11.6. The summed E-state index contributed by atoms with van der Waals surface area (Å²) in [4.78, 5) is 16.4. The van der Waals surface area contributed by atoms with E-state index in [0.29, 0.717) is 12.3 Å². The molecule has 0 saturated carbocycles. The Morgan fingerprint density at radius 2 is 1.85 bits per heavy atom. The number of ether oxygens (including phenoxy) is 1. The van der Waals surface area contributed by atoms with Crippen LogP contribution in [0.3, 0.4) is 0 Å². The number of amides is 1. The van der Waals surface area contributed by atoms with E-state index >= 15 is 0 Å². The largest absolute Gasteiger partial charge is 0.490 e. The summed E-state index contributed by atoms with van der Waals surface area (Å²) in [6, 6.07) is 16.0. The van der Waals surface area contributed by atoms with E-state index in [4.69, 9.17) is 4.74 Å². The highest BCUT2D eigenvalue weighted by molar-refractivity contribution is 9.10. The summed E-state index contributed by atoms with van der Waals surface area (Å²) in [7, 11) is 0. The number of halogens is 1. The van der Waals surface area contributed by atoms with Gasteiger partial charge in [-0.2, -0.15) is 0 Å². The van der Waals surface area contributed by atoms with Gasteiger partial charge < -0.3 is 14.7 Å². The van der Waals surface area contributed by atoms with Gasteiger partial charge in [-0.15, -0.1) is 0 Å². The number of nitrogens with zero attached hydrogens (tertiary/aromatic N) is 2. The number of β-amino-alcohol motifs (C(OH)–C–C–N with tert-alkyl or cyclic N) is 1. The monoisotopic (exact) mass is 510 g/mol. The number of likely N-dealkylation sites (tertiary alicyclic amines) is 1. The average Bonchev–Trinajstić information content (AvgIpc) is 3.38. The Bertz CT molecular complexity index is 997. The van der Waals surface area contributed by atoms with E-state index in [0.717, 1.165) is 55.5 Å². The van der Waals surface area contributed by atoms with Crippen LogP contribution in [0, 0.1) is 0 Å². The summed E-state index contributed by atoms with van der Waals surface area (Å²) >= 11 is 3.48. The summed E-state index contributed by atoms with van der Waals surface area (Å²) in [6.45, 7) is 4.19. The molecule has 1 saturated heterocycles. The van der Waals surface area contributed by atoms with Crippen LogP contribution < -0.4 is 4.74 Å². The third-order valence-corrected chi connectivity index (χ3v) is 6.68. The van der Waals surface area contributed by atoms with Crippen LogP contribution in [-0.2, 0) is 4.79 Å². The number of aliphatic hydroxyl groups is 1. The maximum Gasteiger partial charge on any atom is 0.246 e. The molecule has 2 aliphatic heterocycles. The lowest BCUT2D eigenvalue weighted by molar-refractivity contribution is -0.124. The van der Waals surface area contributed by atoms with Gasteiger partial charge in [-0.25, -0.2) is 0 Å². The molecule has 0 aromatic heterocycles. The normalized spacial score (nSPS) is 17.9. The van der Waals surface area contributed by atoms with Gasteiger partial charge in [0.25, 0.3) is 0 Å². The minimum atomic E-state index is -0.587. The van der Waals surface area contributed by atoms with Gasteiger partial charge in [0, 0.05) is 48.8 Å². The average molecular weight is 511 g/mol. The smallest absolute Gasteiger partial charge is 0.246 e. The van der Waals surface area contributed by atoms with Crippen molar-refractivity contribution in [3.63, 3.8) is 0 Å². The predicted octanol–water partition coefficient (Wildman–Crippen LogP) is 4.61. The molecule has 0 spiro atoms. The molecule has 0 radical (unpaired) electrons. The Labute approximate surface area is 204 Å². The molecule has 1 amide bonds. The van der Waals surface area contributed by atoms with Gasteiger partial charge in [0.2, 0.25) is 5.91 Å². The van der Waals surface area contributed by atoms with Crippen LogP contribution in [0.2, 0.25) is 0 Å². The molecule has 0 aliphatic carbocycles. The Kier molecular flexibility index (Phi) is 8.37. The Balaban J connectivity index is 1.27. The molecule has 0 bridgehead atoms. The summed E-state index contributed by atoms with van der Waals surface area (Å²) in [5, 5.41) is 10.6. The van der Waals surface area contributed by atoms with Gasteiger partial charge in [0.05, 0.1) is 0 Å². The van der Waals surface area contributed by atoms with Crippen molar-refractivity contribution in [3.8, 4) is 5.75 Å². The third kappa shape index (κ3) is 6.79. The molecule has 2 aliphatic rings. The van der Waals surface area contributed by atoms with Crippen molar-refractivity contribution in [1.82, 2.24) is 9.80 Å². The first-order valence-corrected chi connectivity index (χ1v) is 12.4. The van der Waals surface area contributed by atoms with Crippen molar-refractivity contribution in [2.45, 2.75) is 25.4 Å². The highest BCUT2D eigenvalue weighted by atomic mass is 79.9. The number of carbonyl (C=O) groups excluding carboxylic acids is 1. The van der Waals surface area contributed by atoms with Crippen LogP contribution in [0.25, 0.3) is 11.6 Å². The van der Waals surface area contributed by atoms with E-state index in [2.05, 4.69) is 51.2 Å². The van der Waals surface area contributed by atoms with Crippen LogP contribution in [0.15, 0.2) is 65.2 Å². The predicted molar refractivity (Wildman–Crippen MR) is 136 cm³/mol. The minimum absolute atomic E-state index is 0.0444. The number of para-hydroxylation sites is 1. The van der Waals surface area contributed by atoms with Crippen LogP contribution in [0.1, 0.15) is 30.4 Å². The molecular weight excluding hydrogens is 480 g/mol. The highest BCUT2D eigenvalue weighted by Crippen LogP contribution is 2.24. The van der Waals surface area contributed by atoms with Crippen molar-refractivity contribution < 1.29 is 14.6 Å². The van der Waals surface area contributed by atoms with Crippen molar-refractivity contribution in [3.05, 3.63) is 76.3 Å². The fourth-order valence-corrected chi connectivity index (χ4v) is 4.56. The van der Waals surface area contributed by atoms with Gasteiger partial charge >= 0.3 is 0 Å². The Morgan fingerprint density at radius 1 is 1.09 bits per heavy atom. The standard InChI is InChI=1S/C27H31BrN2O3/c28-24-10-7-21(8-11-24)22-13-17-29(18-14-22)19-25(31)20-33-26-6-2-1-5-23(26)9-12-27(32)30-15-3-4-16-30/h1-2,5-13,25,31H,3-4,14-20H2. The molecule has 33 heavy (non-hydrogen) atoms. The molecule has 2 heterocycles. The fraction of sp³-hybridized carbons (Fsp3) is 0.370. The van der Waals surface area contributed by atoms with E-state index in [1.807, 2.05) is 29.2 Å². The first-order chi connectivity index (χ1) is 16.1. The second-order valence-electron chi connectivity index (χ2n) is 8.61. The number of rotatable bonds is 8. The van der Waals surface area contributed by atoms with E-state index in [-0.39, 0.29) is 12.5 Å². The van der Waals surface area contributed by atoms with E-state index in [1.165, 1.54) is 11.1 Å². The molecular formula is C27H31BrN2O3. The molecule has 1 fully saturated rings. The molecule has 1 atom stereocenters. The van der Waals surface area contributed by atoms with Gasteiger partial charge in [-0.3, -0.25) is 9.69 Å². The molecule has 2 aromatic carbocycles. The third-order valence-electron chi connectivity index (χ3n) is 6.15. The Morgan fingerprint density at radius 3 is 2.58 bits per heavy atom. The molecule has 1 unspecified atom stereocenters. The SMILES string of the molecule is O=C(C=Cc1ccccc1OCC(O)CN1CC=C(c2ccc(Br)cc2)CC1)N1CCCC1. The highest BCUT2D eigenvalue weighted by Gasteiger charge is 2.18. The molecule has 174 valence electrons. The zero-order chi connectivity index (χ0) is 23.0. The van der Waals surface area contributed by atoms with Gasteiger partial charge in [0.15, 0.2) is 0 Å². The lowest BCUT2D eigenvalue weighted by Crippen LogP contribution is -2.38. The number of hydrogen-bond donors (Lipinski definition) is 1. The van der Waals surface area contributed by atoms with Crippen molar-refractivity contribution >= 4 is 33.5 Å². The maximum absolute atomic E-state index is 12.3.